The number of rotatable bonds is 3. The second kappa shape index (κ2) is 7.20. The van der Waals surface area contributed by atoms with Gasteiger partial charge in [-0.3, -0.25) is 15.4 Å². The number of thiazole rings is 1. The first-order valence-electron chi connectivity index (χ1n) is 8.51. The van der Waals surface area contributed by atoms with Gasteiger partial charge in [0.2, 0.25) is 0 Å². The van der Waals surface area contributed by atoms with E-state index in [4.69, 9.17) is 0 Å². The minimum atomic E-state index is -0.409. The van der Waals surface area contributed by atoms with Gasteiger partial charge in [-0.05, 0) is 24.3 Å². The van der Waals surface area contributed by atoms with E-state index >= 15 is 0 Å². The highest BCUT2D eigenvalue weighted by Gasteiger charge is 2.22. The second-order valence-electron chi connectivity index (χ2n) is 6.16. The summed E-state index contributed by atoms with van der Waals surface area (Å²) in [6.07, 6.45) is 0. The molecule has 1 aliphatic rings. The number of piperazine rings is 1. The van der Waals surface area contributed by atoms with Crippen molar-refractivity contribution in [3.8, 4) is 0 Å². The average molecular weight is 383 g/mol. The molecule has 1 aliphatic heterocycles. The number of carbonyl (C=O) groups is 1. The van der Waals surface area contributed by atoms with E-state index in [0.717, 1.165) is 15.9 Å². The normalized spacial score (nSPS) is 14.4. The highest BCUT2D eigenvalue weighted by atomic mass is 32.1. The van der Waals surface area contributed by atoms with Crippen molar-refractivity contribution in [1.29, 1.82) is 0 Å². The van der Waals surface area contributed by atoms with Crippen LogP contribution in [0.4, 0.5) is 21.3 Å². The Morgan fingerprint density at radius 2 is 1.78 bits per heavy atom. The highest BCUT2D eigenvalue weighted by Crippen LogP contribution is 2.26. The lowest BCUT2D eigenvalue weighted by atomic mass is 10.2. The molecule has 1 N–H and O–H groups in total. The molecule has 1 aromatic heterocycles. The molecule has 0 spiro atoms. The molecular formula is C18H17N5O3S. The van der Waals surface area contributed by atoms with Crippen LogP contribution in [0.25, 0.3) is 10.2 Å². The number of hydrogen-bond donors (Lipinski definition) is 1. The van der Waals surface area contributed by atoms with Crippen LogP contribution >= 0.6 is 11.3 Å². The fourth-order valence-electron chi connectivity index (χ4n) is 3.05. The maximum Gasteiger partial charge on any atom is 0.323 e. The van der Waals surface area contributed by atoms with Crippen molar-refractivity contribution in [3.63, 3.8) is 0 Å². The fraction of sp³-hybridized carbons (Fsp3) is 0.222. The molecule has 2 aromatic carbocycles. The van der Waals surface area contributed by atoms with Gasteiger partial charge in [0, 0.05) is 44.0 Å². The van der Waals surface area contributed by atoms with E-state index in [1.54, 1.807) is 17.0 Å². The Morgan fingerprint density at radius 1 is 1.07 bits per heavy atom. The van der Waals surface area contributed by atoms with Gasteiger partial charge in [-0.2, -0.15) is 0 Å². The van der Waals surface area contributed by atoms with Crippen LogP contribution in [0, 0.1) is 10.1 Å². The summed E-state index contributed by atoms with van der Waals surface area (Å²) in [7, 11) is 0. The number of aromatic nitrogens is 1. The number of fused-ring (bicyclic) bond motifs is 1. The van der Waals surface area contributed by atoms with Crippen molar-refractivity contribution < 1.29 is 9.72 Å². The van der Waals surface area contributed by atoms with Gasteiger partial charge in [-0.1, -0.05) is 23.5 Å². The smallest absolute Gasteiger partial charge is 0.323 e. The summed E-state index contributed by atoms with van der Waals surface area (Å²) in [4.78, 5) is 31.1. The van der Waals surface area contributed by atoms with E-state index < -0.39 is 4.92 Å². The summed E-state index contributed by atoms with van der Waals surface area (Å²) in [5, 5.41) is 14.2. The lowest BCUT2D eigenvalue weighted by Gasteiger charge is -2.35. The van der Waals surface area contributed by atoms with Crippen LogP contribution in [0.5, 0.6) is 0 Å². The minimum absolute atomic E-state index is 0.0765. The van der Waals surface area contributed by atoms with Gasteiger partial charge < -0.3 is 9.80 Å². The quantitative estimate of drug-likeness (QED) is 0.551. The van der Waals surface area contributed by atoms with Crippen LogP contribution in [-0.2, 0) is 0 Å². The fourth-order valence-corrected chi connectivity index (χ4v) is 3.90. The van der Waals surface area contributed by atoms with E-state index in [-0.39, 0.29) is 11.7 Å². The zero-order valence-corrected chi connectivity index (χ0v) is 15.2. The number of carbonyl (C=O) groups excluding carboxylic acids is 1. The number of urea groups is 1. The SMILES string of the molecule is O=C(Nc1nc2ccccc2s1)N1CCN(c2ccc([N+](=O)[O-])cc2)CC1. The van der Waals surface area contributed by atoms with E-state index in [9.17, 15) is 14.9 Å². The van der Waals surface area contributed by atoms with Crippen molar-refractivity contribution in [3.05, 3.63) is 58.6 Å². The number of nitro benzene ring substituents is 1. The lowest BCUT2D eigenvalue weighted by Crippen LogP contribution is -2.50. The Morgan fingerprint density at radius 3 is 2.44 bits per heavy atom. The Kier molecular flexibility index (Phi) is 4.59. The van der Waals surface area contributed by atoms with Crippen molar-refractivity contribution in [2.45, 2.75) is 0 Å². The van der Waals surface area contributed by atoms with Crippen LogP contribution in [0.1, 0.15) is 0 Å². The van der Waals surface area contributed by atoms with Crippen LogP contribution in [-0.4, -0.2) is 47.0 Å². The number of nitrogens with one attached hydrogen (secondary N) is 1. The molecule has 0 saturated carbocycles. The molecule has 0 unspecified atom stereocenters. The van der Waals surface area contributed by atoms with Crippen LogP contribution in [0.3, 0.4) is 0 Å². The largest absolute Gasteiger partial charge is 0.368 e. The monoisotopic (exact) mass is 383 g/mol. The Hall–Kier alpha value is -3.20. The summed E-state index contributed by atoms with van der Waals surface area (Å²) in [6.45, 7) is 2.50. The number of amides is 2. The van der Waals surface area contributed by atoms with E-state index in [1.165, 1.54) is 23.5 Å². The topological polar surface area (TPSA) is 91.6 Å². The number of anilines is 2. The van der Waals surface area contributed by atoms with Crippen molar-refractivity contribution in [2.24, 2.45) is 0 Å². The van der Waals surface area contributed by atoms with Gasteiger partial charge in [-0.25, -0.2) is 9.78 Å². The predicted molar refractivity (Wildman–Crippen MR) is 106 cm³/mol. The van der Waals surface area contributed by atoms with Gasteiger partial charge in [0.05, 0.1) is 15.1 Å². The average Bonchev–Trinajstić information content (AvgIpc) is 3.10. The molecule has 2 amide bonds. The van der Waals surface area contributed by atoms with Gasteiger partial charge in [0.1, 0.15) is 0 Å². The Bertz CT molecular complexity index is 947. The standard InChI is InChI=1S/C18H17N5O3S/c24-18(20-17-19-15-3-1-2-4-16(15)27-17)22-11-9-21(10-12-22)13-5-7-14(8-6-13)23(25)26/h1-8H,9-12H2,(H,19,20,24). The van der Waals surface area contributed by atoms with Crippen molar-refractivity contribution in [1.82, 2.24) is 9.88 Å². The molecule has 27 heavy (non-hydrogen) atoms. The minimum Gasteiger partial charge on any atom is -0.368 e. The number of hydrogen-bond acceptors (Lipinski definition) is 6. The molecule has 2 heterocycles. The third-order valence-corrected chi connectivity index (χ3v) is 5.45. The predicted octanol–water partition coefficient (Wildman–Crippen LogP) is 3.56. The molecule has 0 radical (unpaired) electrons. The second-order valence-corrected chi connectivity index (χ2v) is 7.20. The van der Waals surface area contributed by atoms with Crippen LogP contribution in [0.2, 0.25) is 0 Å². The first-order valence-corrected chi connectivity index (χ1v) is 9.33. The Labute approximate surface area is 159 Å². The number of para-hydroxylation sites is 1. The summed E-state index contributed by atoms with van der Waals surface area (Å²) < 4.78 is 1.04. The molecule has 8 nitrogen and oxygen atoms in total. The molecule has 0 bridgehead atoms. The third-order valence-electron chi connectivity index (χ3n) is 4.50. The summed E-state index contributed by atoms with van der Waals surface area (Å²) >= 11 is 1.46. The van der Waals surface area contributed by atoms with Gasteiger partial charge in [-0.15, -0.1) is 0 Å². The van der Waals surface area contributed by atoms with E-state index in [2.05, 4.69) is 15.2 Å². The molecular weight excluding hydrogens is 366 g/mol. The summed E-state index contributed by atoms with van der Waals surface area (Å²) in [6, 6.07) is 14.1. The first kappa shape index (κ1) is 17.2. The number of non-ortho nitro benzene ring substituents is 1. The summed E-state index contributed by atoms with van der Waals surface area (Å²) in [5.74, 6) is 0. The maximum absolute atomic E-state index is 12.5. The third kappa shape index (κ3) is 3.68. The lowest BCUT2D eigenvalue weighted by molar-refractivity contribution is -0.384. The molecule has 0 aliphatic carbocycles. The zero-order valence-electron chi connectivity index (χ0n) is 14.4. The first-order chi connectivity index (χ1) is 13.1. The maximum atomic E-state index is 12.5. The molecule has 9 heteroatoms. The number of nitrogens with zero attached hydrogens (tertiary/aromatic N) is 4. The molecule has 4 rings (SSSR count). The van der Waals surface area contributed by atoms with E-state index in [1.807, 2.05) is 24.3 Å². The molecule has 138 valence electrons. The van der Waals surface area contributed by atoms with Crippen molar-refractivity contribution in [2.75, 3.05) is 36.4 Å². The molecule has 0 atom stereocenters. The van der Waals surface area contributed by atoms with Gasteiger partial charge in [0.15, 0.2) is 5.13 Å². The Balaban J connectivity index is 1.35. The number of benzene rings is 2. The van der Waals surface area contributed by atoms with Gasteiger partial charge >= 0.3 is 6.03 Å². The highest BCUT2D eigenvalue weighted by molar-refractivity contribution is 7.22. The van der Waals surface area contributed by atoms with Crippen LogP contribution in [0.15, 0.2) is 48.5 Å². The molecule has 3 aromatic rings. The van der Waals surface area contributed by atoms with E-state index in [0.29, 0.717) is 31.3 Å². The number of nitro groups is 1. The van der Waals surface area contributed by atoms with Gasteiger partial charge in [0.25, 0.3) is 5.69 Å². The zero-order chi connectivity index (χ0) is 18.8. The molecule has 1 saturated heterocycles. The van der Waals surface area contributed by atoms with Crippen LogP contribution < -0.4 is 10.2 Å². The summed E-state index contributed by atoms with van der Waals surface area (Å²) in [5.41, 5.74) is 1.88. The molecule has 1 fully saturated rings. The van der Waals surface area contributed by atoms with Crippen molar-refractivity contribution >= 4 is 44.1 Å².